The molecule has 0 spiro atoms. The first-order valence-corrected chi connectivity index (χ1v) is 9.29. The summed E-state index contributed by atoms with van der Waals surface area (Å²) in [6, 6.07) is 0. The third kappa shape index (κ3) is 6.77. The van der Waals surface area contributed by atoms with Gasteiger partial charge < -0.3 is 0 Å². The first-order chi connectivity index (χ1) is 7.38. The van der Waals surface area contributed by atoms with Crippen LogP contribution in [0.5, 0.6) is 0 Å². The molecule has 0 aromatic carbocycles. The second-order valence-electron chi connectivity index (χ2n) is 6.45. The lowest BCUT2D eigenvalue weighted by Crippen LogP contribution is -2.27. The summed E-state index contributed by atoms with van der Waals surface area (Å²) in [6.45, 7) is 18.3. The molecule has 0 aliphatic heterocycles. The Hall–Kier alpha value is 0.272. The molecule has 0 saturated heterocycles. The molecular formula is C15H31Al. The summed E-state index contributed by atoms with van der Waals surface area (Å²) in [6.07, 6.45) is 3.39. The molecule has 0 nitrogen and oxygen atoms in total. The third-order valence-electron chi connectivity index (χ3n) is 3.45. The van der Waals surface area contributed by atoms with Crippen LogP contribution < -0.4 is 0 Å². The maximum Gasteiger partial charge on any atom is 0.266 e. The van der Waals surface area contributed by atoms with E-state index in [1.165, 1.54) is 17.0 Å². The van der Waals surface area contributed by atoms with Crippen molar-refractivity contribution in [3.63, 3.8) is 0 Å². The molecular weight excluding hydrogens is 207 g/mol. The number of hydrogen-bond donors (Lipinski definition) is 0. The standard InChI is InChI=1S/C7H13.2C4H9.Al/c1-4-5-6-7(2)3;2*1-4(2)3;/h4,6-7H,1,5H2,2-3H3;2*4H,1H2,2-3H3;. The van der Waals surface area contributed by atoms with Crippen molar-refractivity contribution < 1.29 is 0 Å². The molecule has 0 aliphatic rings. The predicted molar refractivity (Wildman–Crippen MR) is 78.4 cm³/mol. The van der Waals surface area contributed by atoms with Crippen LogP contribution in [0.15, 0.2) is 12.7 Å². The summed E-state index contributed by atoms with van der Waals surface area (Å²) < 4.78 is 0.960. The summed E-state index contributed by atoms with van der Waals surface area (Å²) in [4.78, 5) is 0. The Kier molecular flexibility index (Phi) is 8.52. The van der Waals surface area contributed by atoms with Gasteiger partial charge in [0.25, 0.3) is 14.1 Å². The monoisotopic (exact) mass is 238 g/mol. The van der Waals surface area contributed by atoms with E-state index in [0.717, 1.165) is 22.5 Å². The second kappa shape index (κ2) is 8.38. The third-order valence-corrected chi connectivity index (χ3v) is 8.80. The Balaban J connectivity index is 4.58. The fourth-order valence-electron chi connectivity index (χ4n) is 2.86. The average molecular weight is 238 g/mol. The van der Waals surface area contributed by atoms with Crippen LogP contribution in [0.4, 0.5) is 0 Å². The second-order valence-corrected chi connectivity index (χ2v) is 9.77. The highest BCUT2D eigenvalue weighted by Crippen LogP contribution is 2.33. The Morgan fingerprint density at radius 1 is 0.938 bits per heavy atom. The van der Waals surface area contributed by atoms with Crippen LogP contribution in [-0.4, -0.2) is 14.1 Å². The lowest BCUT2D eigenvalue weighted by Gasteiger charge is -2.28. The van der Waals surface area contributed by atoms with E-state index < -0.39 is 14.1 Å². The van der Waals surface area contributed by atoms with Crippen LogP contribution in [0.2, 0.25) is 15.3 Å². The van der Waals surface area contributed by atoms with Gasteiger partial charge in [-0.05, 0) is 6.42 Å². The minimum atomic E-state index is -0.611. The predicted octanol–water partition coefficient (Wildman–Crippen LogP) is 5.40. The molecule has 1 unspecified atom stereocenters. The molecule has 0 amide bonds. The highest BCUT2D eigenvalue weighted by molar-refractivity contribution is 6.60. The van der Waals surface area contributed by atoms with Crippen molar-refractivity contribution in [2.24, 2.45) is 17.8 Å². The number of hydrogen-bond acceptors (Lipinski definition) is 0. The molecule has 0 bridgehead atoms. The van der Waals surface area contributed by atoms with Crippen molar-refractivity contribution in [2.75, 3.05) is 0 Å². The minimum absolute atomic E-state index is 0.611. The first-order valence-electron chi connectivity index (χ1n) is 6.99. The molecule has 1 atom stereocenters. The number of allylic oxidation sites excluding steroid dienone is 1. The molecule has 0 aromatic heterocycles. The van der Waals surface area contributed by atoms with Gasteiger partial charge in [0.15, 0.2) is 0 Å². The van der Waals surface area contributed by atoms with Gasteiger partial charge in [-0.3, -0.25) is 0 Å². The van der Waals surface area contributed by atoms with Crippen molar-refractivity contribution in [3.8, 4) is 0 Å². The van der Waals surface area contributed by atoms with Crippen LogP contribution in [0.3, 0.4) is 0 Å². The lowest BCUT2D eigenvalue weighted by atomic mass is 10.1. The van der Waals surface area contributed by atoms with Crippen molar-refractivity contribution in [1.29, 1.82) is 0 Å². The Morgan fingerprint density at radius 2 is 1.38 bits per heavy atom. The van der Waals surface area contributed by atoms with E-state index in [1.54, 1.807) is 0 Å². The number of rotatable bonds is 8. The van der Waals surface area contributed by atoms with Crippen molar-refractivity contribution >= 4 is 14.1 Å². The smallest absolute Gasteiger partial charge is 0.103 e. The summed E-state index contributed by atoms with van der Waals surface area (Å²) >= 11 is -0.611. The van der Waals surface area contributed by atoms with E-state index in [2.05, 4.69) is 54.2 Å². The van der Waals surface area contributed by atoms with Gasteiger partial charge in [0, 0.05) is 0 Å². The van der Waals surface area contributed by atoms with Crippen LogP contribution >= 0.6 is 0 Å². The van der Waals surface area contributed by atoms with Gasteiger partial charge in [-0.15, -0.1) is 6.58 Å². The molecule has 0 heterocycles. The maximum absolute atomic E-state index is 3.95. The topological polar surface area (TPSA) is 0 Å². The van der Waals surface area contributed by atoms with Crippen molar-refractivity contribution in [2.45, 2.75) is 63.3 Å². The largest absolute Gasteiger partial charge is 0.266 e. The summed E-state index contributed by atoms with van der Waals surface area (Å²) in [7, 11) is 0. The zero-order valence-electron chi connectivity index (χ0n) is 12.3. The summed E-state index contributed by atoms with van der Waals surface area (Å²) in [5.41, 5.74) is 0. The van der Waals surface area contributed by atoms with E-state index in [0.29, 0.717) is 0 Å². The highest BCUT2D eigenvalue weighted by Gasteiger charge is 2.30. The lowest BCUT2D eigenvalue weighted by molar-refractivity contribution is 0.559. The van der Waals surface area contributed by atoms with Crippen molar-refractivity contribution in [3.05, 3.63) is 12.7 Å². The van der Waals surface area contributed by atoms with E-state index in [4.69, 9.17) is 0 Å². The van der Waals surface area contributed by atoms with E-state index in [9.17, 15) is 0 Å². The molecule has 94 valence electrons. The van der Waals surface area contributed by atoms with Crippen molar-refractivity contribution in [1.82, 2.24) is 0 Å². The maximum atomic E-state index is 3.95. The fourth-order valence-corrected chi connectivity index (χ4v) is 7.84. The van der Waals surface area contributed by atoms with Gasteiger partial charge in [-0.25, -0.2) is 0 Å². The summed E-state index contributed by atoms with van der Waals surface area (Å²) in [5.74, 6) is 2.59. The molecule has 0 radical (unpaired) electrons. The quantitative estimate of drug-likeness (QED) is 0.392. The molecule has 0 N–H and O–H groups in total. The first kappa shape index (κ1) is 16.3. The van der Waals surface area contributed by atoms with Gasteiger partial charge in [-0.2, -0.15) is 0 Å². The molecule has 0 saturated carbocycles. The minimum Gasteiger partial charge on any atom is -0.103 e. The van der Waals surface area contributed by atoms with Gasteiger partial charge >= 0.3 is 0 Å². The van der Waals surface area contributed by atoms with Crippen LogP contribution in [0.1, 0.15) is 48.0 Å². The van der Waals surface area contributed by atoms with Gasteiger partial charge in [0.1, 0.15) is 0 Å². The van der Waals surface area contributed by atoms with E-state index >= 15 is 0 Å². The molecule has 0 aliphatic carbocycles. The van der Waals surface area contributed by atoms with Crippen LogP contribution in [0.25, 0.3) is 0 Å². The molecule has 0 fully saturated rings. The zero-order valence-corrected chi connectivity index (χ0v) is 13.4. The highest BCUT2D eigenvalue weighted by atomic mass is 27.2. The van der Waals surface area contributed by atoms with E-state index in [1.807, 2.05) is 0 Å². The molecule has 0 aromatic rings. The zero-order chi connectivity index (χ0) is 12.7. The molecule has 16 heavy (non-hydrogen) atoms. The SMILES string of the molecule is C=CC[CH](C(C)C)[Al]([CH2]C(C)C)[CH2]C(C)C. The van der Waals surface area contributed by atoms with Crippen LogP contribution in [0, 0.1) is 17.8 Å². The van der Waals surface area contributed by atoms with E-state index in [-0.39, 0.29) is 0 Å². The van der Waals surface area contributed by atoms with Gasteiger partial charge in [0.2, 0.25) is 0 Å². The summed E-state index contributed by atoms with van der Waals surface area (Å²) in [5, 5.41) is 3.02. The van der Waals surface area contributed by atoms with Crippen LogP contribution in [-0.2, 0) is 0 Å². The Morgan fingerprint density at radius 3 is 1.62 bits per heavy atom. The Bertz CT molecular complexity index is 172. The van der Waals surface area contributed by atoms with Gasteiger partial charge in [-0.1, -0.05) is 80.7 Å². The molecule has 0 rings (SSSR count). The Labute approximate surface area is 108 Å². The van der Waals surface area contributed by atoms with Gasteiger partial charge in [0.05, 0.1) is 0 Å². The molecule has 1 heteroatoms. The fraction of sp³-hybridized carbons (Fsp3) is 0.867. The average Bonchev–Trinajstić information content (AvgIpc) is 2.10. The normalized spacial score (nSPS) is 13.6.